The van der Waals surface area contributed by atoms with Crippen molar-refractivity contribution in [2.45, 2.75) is 25.0 Å². The van der Waals surface area contributed by atoms with Gasteiger partial charge in [-0.1, -0.05) is 0 Å². The molecule has 0 aliphatic carbocycles. The van der Waals surface area contributed by atoms with E-state index in [0.29, 0.717) is 0 Å². The molecule has 17 heavy (non-hydrogen) atoms. The van der Waals surface area contributed by atoms with Crippen LogP contribution in [0.4, 0.5) is 35.1 Å². The molecule has 3 nitrogen and oxygen atoms in total. The summed E-state index contributed by atoms with van der Waals surface area (Å²) in [6.45, 7) is -4.09. The Labute approximate surface area is 89.2 Å². The maximum atomic E-state index is 12.2. The number of hydrogen-bond donors (Lipinski definition) is 0. The van der Waals surface area contributed by atoms with Crippen LogP contribution in [0, 0.1) is 0 Å². The van der Waals surface area contributed by atoms with Crippen LogP contribution in [-0.2, 0) is 14.5 Å². The smallest absolute Gasteiger partial charge is 0.339 e. The van der Waals surface area contributed by atoms with Crippen LogP contribution < -0.4 is 0 Å². The summed E-state index contributed by atoms with van der Waals surface area (Å²) in [6.07, 6.45) is -12.1. The molecule has 0 amide bonds. The molecule has 0 bridgehead atoms. The molecule has 0 fully saturated rings. The quantitative estimate of drug-likeness (QED) is 0.310. The van der Waals surface area contributed by atoms with Crippen LogP contribution in [0.15, 0.2) is 0 Å². The third-order valence-corrected chi connectivity index (χ3v) is 1.10. The van der Waals surface area contributed by atoms with Gasteiger partial charge in [-0.25, -0.2) is 22.0 Å². The lowest BCUT2D eigenvalue weighted by molar-refractivity contribution is -0.525. The average molecular weight is 278 g/mol. The van der Waals surface area contributed by atoms with Crippen LogP contribution >= 0.6 is 0 Å². The van der Waals surface area contributed by atoms with Crippen molar-refractivity contribution in [3.8, 4) is 0 Å². The molecule has 104 valence electrons. The van der Waals surface area contributed by atoms with Crippen molar-refractivity contribution in [2.75, 3.05) is 13.3 Å². The molecule has 0 aromatic rings. The number of alkyl halides is 8. The van der Waals surface area contributed by atoms with E-state index in [4.69, 9.17) is 0 Å². The van der Waals surface area contributed by atoms with E-state index in [-0.39, 0.29) is 0 Å². The van der Waals surface area contributed by atoms with Crippen LogP contribution in [0.3, 0.4) is 0 Å². The number of halogens is 8. The van der Waals surface area contributed by atoms with E-state index < -0.39 is 38.3 Å². The van der Waals surface area contributed by atoms with E-state index in [2.05, 4.69) is 14.5 Å². The fourth-order valence-corrected chi connectivity index (χ4v) is 0.487. The predicted molar refractivity (Wildman–Crippen MR) is 34.9 cm³/mol. The summed E-state index contributed by atoms with van der Waals surface area (Å²) >= 11 is 0. The molecular weight excluding hydrogens is 272 g/mol. The van der Waals surface area contributed by atoms with Gasteiger partial charge in [0.25, 0.3) is 18.6 Å². The Morgan fingerprint density at radius 1 is 1.00 bits per heavy atom. The van der Waals surface area contributed by atoms with Crippen molar-refractivity contribution in [3.63, 3.8) is 0 Å². The molecule has 0 N–H and O–H groups in total. The van der Waals surface area contributed by atoms with Crippen molar-refractivity contribution in [2.24, 2.45) is 0 Å². The molecular formula is C6H6F8O3. The SMILES string of the molecule is FCC(F)(F)COC(OOC(F)(F)F)C(F)F. The molecule has 0 aromatic carbocycles. The Hall–Kier alpha value is -0.680. The van der Waals surface area contributed by atoms with Crippen molar-refractivity contribution >= 4 is 0 Å². The summed E-state index contributed by atoms with van der Waals surface area (Å²) in [5.41, 5.74) is 0. The van der Waals surface area contributed by atoms with Crippen molar-refractivity contribution in [3.05, 3.63) is 0 Å². The first-order valence-electron chi connectivity index (χ1n) is 3.82. The van der Waals surface area contributed by atoms with Crippen molar-refractivity contribution < 1.29 is 49.6 Å². The van der Waals surface area contributed by atoms with Gasteiger partial charge in [0.15, 0.2) is 6.67 Å². The van der Waals surface area contributed by atoms with Gasteiger partial charge in [0.1, 0.15) is 6.61 Å². The van der Waals surface area contributed by atoms with Crippen LogP contribution in [-0.4, -0.2) is 38.3 Å². The Balaban J connectivity index is 4.17. The molecule has 1 unspecified atom stereocenters. The largest absolute Gasteiger partial charge is 0.549 e. The molecule has 0 spiro atoms. The van der Waals surface area contributed by atoms with Gasteiger partial charge in [0.05, 0.1) is 0 Å². The zero-order valence-corrected chi connectivity index (χ0v) is 7.82. The van der Waals surface area contributed by atoms with Crippen molar-refractivity contribution in [1.29, 1.82) is 0 Å². The van der Waals surface area contributed by atoms with Gasteiger partial charge in [-0.3, -0.25) is 0 Å². The minimum absolute atomic E-state index is 1.88. The Kier molecular flexibility index (Phi) is 6.05. The second-order valence-electron chi connectivity index (χ2n) is 2.63. The second kappa shape index (κ2) is 6.31. The summed E-state index contributed by atoms with van der Waals surface area (Å²) in [5, 5.41) is 0. The first kappa shape index (κ1) is 16.3. The molecule has 0 aromatic heterocycles. The highest BCUT2D eigenvalue weighted by molar-refractivity contribution is 4.63. The van der Waals surface area contributed by atoms with Gasteiger partial charge >= 0.3 is 6.36 Å². The molecule has 0 saturated heterocycles. The van der Waals surface area contributed by atoms with E-state index in [1.807, 2.05) is 0 Å². The first-order valence-corrected chi connectivity index (χ1v) is 3.82. The molecule has 0 heterocycles. The third-order valence-electron chi connectivity index (χ3n) is 1.10. The minimum atomic E-state index is -5.40. The van der Waals surface area contributed by atoms with Crippen molar-refractivity contribution in [1.82, 2.24) is 0 Å². The molecule has 0 rings (SSSR count). The highest BCUT2D eigenvalue weighted by atomic mass is 19.4. The van der Waals surface area contributed by atoms with Crippen LogP contribution in [0.2, 0.25) is 0 Å². The van der Waals surface area contributed by atoms with Crippen LogP contribution in [0.1, 0.15) is 0 Å². The highest BCUT2D eigenvalue weighted by Crippen LogP contribution is 2.21. The second-order valence-corrected chi connectivity index (χ2v) is 2.63. The van der Waals surface area contributed by atoms with Gasteiger partial charge in [-0.2, -0.15) is 4.89 Å². The lowest BCUT2D eigenvalue weighted by Crippen LogP contribution is -2.35. The topological polar surface area (TPSA) is 27.7 Å². The molecule has 1 atom stereocenters. The molecule has 0 saturated carbocycles. The summed E-state index contributed by atoms with van der Waals surface area (Å²) in [6, 6.07) is 0. The fraction of sp³-hybridized carbons (Fsp3) is 1.00. The number of hydrogen-bond acceptors (Lipinski definition) is 3. The Bertz CT molecular complexity index is 218. The first-order chi connectivity index (χ1) is 7.57. The molecule has 0 aliphatic heterocycles. The zero-order valence-electron chi connectivity index (χ0n) is 7.82. The lowest BCUT2D eigenvalue weighted by Gasteiger charge is -2.19. The van der Waals surface area contributed by atoms with Gasteiger partial charge in [0.2, 0.25) is 0 Å². The van der Waals surface area contributed by atoms with E-state index in [9.17, 15) is 35.1 Å². The zero-order chi connectivity index (χ0) is 13.7. The van der Waals surface area contributed by atoms with Crippen LogP contribution in [0.5, 0.6) is 0 Å². The molecule has 0 radical (unpaired) electrons. The lowest BCUT2D eigenvalue weighted by atomic mass is 10.4. The van der Waals surface area contributed by atoms with Gasteiger partial charge in [0, 0.05) is 0 Å². The number of ether oxygens (including phenoxy) is 1. The summed E-state index contributed by atoms with van der Waals surface area (Å²) < 4.78 is 97.4. The summed E-state index contributed by atoms with van der Waals surface area (Å²) in [5.74, 6) is -4.10. The monoisotopic (exact) mass is 278 g/mol. The summed E-state index contributed by atoms with van der Waals surface area (Å²) in [4.78, 5) is 5.56. The highest BCUT2D eigenvalue weighted by Gasteiger charge is 2.38. The minimum Gasteiger partial charge on any atom is -0.339 e. The predicted octanol–water partition coefficient (Wildman–Crippen LogP) is 2.67. The van der Waals surface area contributed by atoms with Gasteiger partial charge < -0.3 is 4.74 Å². The van der Waals surface area contributed by atoms with E-state index in [0.717, 1.165) is 0 Å². The number of rotatable bonds is 7. The fourth-order valence-electron chi connectivity index (χ4n) is 0.487. The average Bonchev–Trinajstić information content (AvgIpc) is 2.15. The standard InChI is InChI=1S/C6H6F8O3/c7-1-5(10,11)2-15-4(3(8)9)16-17-6(12,13)14/h3-4H,1-2H2. The van der Waals surface area contributed by atoms with E-state index in [1.54, 1.807) is 0 Å². The van der Waals surface area contributed by atoms with Gasteiger partial charge in [-0.05, 0) is 0 Å². The van der Waals surface area contributed by atoms with Crippen LogP contribution in [0.25, 0.3) is 0 Å². The van der Waals surface area contributed by atoms with E-state index in [1.165, 1.54) is 0 Å². The molecule has 11 heteroatoms. The maximum absolute atomic E-state index is 12.2. The molecule has 0 aliphatic rings. The summed E-state index contributed by atoms with van der Waals surface area (Å²) in [7, 11) is 0. The Morgan fingerprint density at radius 3 is 1.88 bits per heavy atom. The third kappa shape index (κ3) is 8.10. The normalized spacial score (nSPS) is 15.4. The Morgan fingerprint density at radius 2 is 1.53 bits per heavy atom. The van der Waals surface area contributed by atoms with E-state index >= 15 is 0 Å². The maximum Gasteiger partial charge on any atom is 0.549 e. The van der Waals surface area contributed by atoms with Gasteiger partial charge in [-0.15, -0.1) is 18.1 Å².